The van der Waals surface area contributed by atoms with Crippen molar-refractivity contribution in [3.8, 4) is 5.75 Å². The second-order valence-corrected chi connectivity index (χ2v) is 5.80. The molecule has 1 atom stereocenters. The molecular formula is C17H16Cl2N2O4. The van der Waals surface area contributed by atoms with Crippen LogP contribution in [0.1, 0.15) is 23.7 Å². The molecular weight excluding hydrogens is 367 g/mol. The van der Waals surface area contributed by atoms with Gasteiger partial charge in [-0.25, -0.2) is 9.78 Å². The molecule has 0 aliphatic rings. The van der Waals surface area contributed by atoms with Gasteiger partial charge >= 0.3 is 5.97 Å². The minimum Gasteiger partial charge on any atom is -0.495 e. The molecule has 1 N–H and O–H groups in total. The van der Waals surface area contributed by atoms with Crippen LogP contribution < -0.4 is 10.1 Å². The zero-order valence-electron chi connectivity index (χ0n) is 13.6. The van der Waals surface area contributed by atoms with Crippen LogP contribution in [0.2, 0.25) is 10.2 Å². The number of hydrogen-bond acceptors (Lipinski definition) is 5. The summed E-state index contributed by atoms with van der Waals surface area (Å²) in [5.74, 6) is -0.621. The van der Waals surface area contributed by atoms with Gasteiger partial charge in [0.25, 0.3) is 5.91 Å². The quantitative estimate of drug-likeness (QED) is 0.603. The number of methoxy groups -OCH3 is 1. The fraction of sp³-hybridized carbons (Fsp3) is 0.235. The Morgan fingerprint density at radius 2 is 2.00 bits per heavy atom. The van der Waals surface area contributed by atoms with E-state index >= 15 is 0 Å². The van der Waals surface area contributed by atoms with Gasteiger partial charge < -0.3 is 14.8 Å². The maximum absolute atomic E-state index is 12.3. The van der Waals surface area contributed by atoms with Crippen LogP contribution in [0.25, 0.3) is 0 Å². The highest BCUT2D eigenvalue weighted by atomic mass is 35.5. The number of esters is 1. The average molecular weight is 383 g/mol. The summed E-state index contributed by atoms with van der Waals surface area (Å²) in [7, 11) is 1.50. The SMILES string of the molecule is CCC(OC(=O)c1ccnc(Cl)c1)C(=O)Nc1ccc(OC)c(Cl)c1. The van der Waals surface area contributed by atoms with Gasteiger partial charge in [0.05, 0.1) is 17.7 Å². The first-order valence-corrected chi connectivity index (χ1v) is 8.17. The predicted molar refractivity (Wildman–Crippen MR) is 95.4 cm³/mol. The first-order valence-electron chi connectivity index (χ1n) is 7.41. The van der Waals surface area contributed by atoms with Crippen molar-refractivity contribution in [1.82, 2.24) is 4.98 Å². The maximum atomic E-state index is 12.3. The first-order chi connectivity index (χ1) is 11.9. The Balaban J connectivity index is 2.05. The van der Waals surface area contributed by atoms with E-state index in [2.05, 4.69) is 10.3 Å². The standard InChI is InChI=1S/C17H16Cl2N2O4/c1-3-13(25-17(23)10-6-7-20-15(19)8-10)16(22)21-11-4-5-14(24-2)12(18)9-11/h4-9,13H,3H2,1-2H3,(H,21,22). The Hall–Kier alpha value is -2.31. The summed E-state index contributed by atoms with van der Waals surface area (Å²) in [6, 6.07) is 7.65. The van der Waals surface area contributed by atoms with E-state index in [0.717, 1.165) is 0 Å². The van der Waals surface area contributed by atoms with Crippen LogP contribution in [0.4, 0.5) is 5.69 Å². The van der Waals surface area contributed by atoms with E-state index < -0.39 is 18.0 Å². The van der Waals surface area contributed by atoms with E-state index in [1.807, 2.05) is 0 Å². The lowest BCUT2D eigenvalue weighted by Gasteiger charge is -2.16. The van der Waals surface area contributed by atoms with E-state index in [4.69, 9.17) is 32.7 Å². The number of carbonyl (C=O) groups excluding carboxylic acids is 2. The summed E-state index contributed by atoms with van der Waals surface area (Å²) in [5, 5.41) is 3.18. The molecule has 1 aromatic carbocycles. The summed E-state index contributed by atoms with van der Waals surface area (Å²) in [6.45, 7) is 1.73. The smallest absolute Gasteiger partial charge is 0.339 e. The van der Waals surface area contributed by atoms with Gasteiger partial charge in [-0.1, -0.05) is 30.1 Å². The number of benzene rings is 1. The van der Waals surface area contributed by atoms with Crippen LogP contribution in [-0.4, -0.2) is 30.1 Å². The molecule has 132 valence electrons. The van der Waals surface area contributed by atoms with Crippen LogP contribution >= 0.6 is 23.2 Å². The minimum absolute atomic E-state index is 0.167. The number of anilines is 1. The summed E-state index contributed by atoms with van der Waals surface area (Å²) in [6.07, 6.45) is 0.736. The molecule has 0 aliphatic heterocycles. The normalized spacial score (nSPS) is 11.5. The van der Waals surface area contributed by atoms with Gasteiger partial charge in [-0.05, 0) is 36.8 Å². The molecule has 1 amide bonds. The lowest BCUT2D eigenvalue weighted by atomic mass is 10.2. The first kappa shape index (κ1) is 19.0. The number of ether oxygens (including phenoxy) is 2. The molecule has 1 aromatic heterocycles. The predicted octanol–water partition coefficient (Wildman–Crippen LogP) is 3.97. The number of hydrogen-bond donors (Lipinski definition) is 1. The summed E-state index contributed by atoms with van der Waals surface area (Å²) < 4.78 is 10.3. The lowest BCUT2D eigenvalue weighted by Crippen LogP contribution is -2.32. The summed E-state index contributed by atoms with van der Waals surface area (Å²) >= 11 is 11.8. The molecule has 25 heavy (non-hydrogen) atoms. The highest BCUT2D eigenvalue weighted by Crippen LogP contribution is 2.27. The van der Waals surface area contributed by atoms with Crippen LogP contribution in [0.15, 0.2) is 36.5 Å². The van der Waals surface area contributed by atoms with Crippen molar-refractivity contribution < 1.29 is 19.1 Å². The van der Waals surface area contributed by atoms with Gasteiger partial charge in [-0.15, -0.1) is 0 Å². The highest BCUT2D eigenvalue weighted by molar-refractivity contribution is 6.32. The van der Waals surface area contributed by atoms with E-state index in [0.29, 0.717) is 22.9 Å². The van der Waals surface area contributed by atoms with Crippen LogP contribution in [0.5, 0.6) is 5.75 Å². The Bertz CT molecular complexity index is 783. The molecule has 1 unspecified atom stereocenters. The number of nitrogens with one attached hydrogen (secondary N) is 1. The monoisotopic (exact) mass is 382 g/mol. The van der Waals surface area contributed by atoms with E-state index in [-0.39, 0.29) is 10.7 Å². The molecule has 1 heterocycles. The zero-order chi connectivity index (χ0) is 18.4. The fourth-order valence-electron chi connectivity index (χ4n) is 2.02. The van der Waals surface area contributed by atoms with Crippen molar-refractivity contribution in [3.63, 3.8) is 0 Å². The van der Waals surface area contributed by atoms with Crippen molar-refractivity contribution in [2.75, 3.05) is 12.4 Å². The molecule has 0 bridgehead atoms. The molecule has 2 rings (SSSR count). The second-order valence-electron chi connectivity index (χ2n) is 5.01. The van der Waals surface area contributed by atoms with Crippen LogP contribution in [0.3, 0.4) is 0 Å². The number of halogens is 2. The maximum Gasteiger partial charge on any atom is 0.339 e. The number of rotatable bonds is 6. The van der Waals surface area contributed by atoms with E-state index in [1.165, 1.54) is 25.4 Å². The van der Waals surface area contributed by atoms with Gasteiger partial charge in [0.1, 0.15) is 10.9 Å². The van der Waals surface area contributed by atoms with Crippen LogP contribution in [-0.2, 0) is 9.53 Å². The van der Waals surface area contributed by atoms with E-state index in [1.54, 1.807) is 25.1 Å². The Kier molecular flexibility index (Phi) is 6.61. The highest BCUT2D eigenvalue weighted by Gasteiger charge is 2.22. The minimum atomic E-state index is -0.958. The second kappa shape index (κ2) is 8.69. The molecule has 0 saturated carbocycles. The Morgan fingerprint density at radius 3 is 2.60 bits per heavy atom. The van der Waals surface area contributed by atoms with Gasteiger partial charge in [-0.3, -0.25) is 4.79 Å². The summed E-state index contributed by atoms with van der Waals surface area (Å²) in [5.41, 5.74) is 0.691. The van der Waals surface area contributed by atoms with Crippen molar-refractivity contribution >= 4 is 40.8 Å². The van der Waals surface area contributed by atoms with Gasteiger partial charge in [0.2, 0.25) is 0 Å². The van der Waals surface area contributed by atoms with E-state index in [9.17, 15) is 9.59 Å². The summed E-state index contributed by atoms with van der Waals surface area (Å²) in [4.78, 5) is 28.3. The van der Waals surface area contributed by atoms with Crippen molar-refractivity contribution in [2.45, 2.75) is 19.4 Å². The number of pyridine rings is 1. The van der Waals surface area contributed by atoms with Crippen molar-refractivity contribution in [3.05, 3.63) is 52.3 Å². The zero-order valence-corrected chi connectivity index (χ0v) is 15.1. The molecule has 2 aromatic rings. The molecule has 6 nitrogen and oxygen atoms in total. The fourth-order valence-corrected chi connectivity index (χ4v) is 2.45. The third kappa shape index (κ3) is 5.08. The van der Waals surface area contributed by atoms with Gasteiger partial charge in [-0.2, -0.15) is 0 Å². The van der Waals surface area contributed by atoms with Crippen molar-refractivity contribution in [2.24, 2.45) is 0 Å². The molecule has 0 fully saturated rings. The topological polar surface area (TPSA) is 77.5 Å². The number of aromatic nitrogens is 1. The number of nitrogens with zero attached hydrogens (tertiary/aromatic N) is 1. The lowest BCUT2D eigenvalue weighted by molar-refractivity contribution is -0.124. The Labute approximate surface area is 155 Å². The molecule has 0 spiro atoms. The molecule has 8 heteroatoms. The van der Waals surface area contributed by atoms with Crippen molar-refractivity contribution in [1.29, 1.82) is 0 Å². The average Bonchev–Trinajstić information content (AvgIpc) is 2.59. The van der Waals surface area contributed by atoms with Gasteiger partial charge in [0.15, 0.2) is 6.10 Å². The van der Waals surface area contributed by atoms with Crippen LogP contribution in [0, 0.1) is 0 Å². The molecule has 0 saturated heterocycles. The Morgan fingerprint density at radius 1 is 1.24 bits per heavy atom. The third-order valence-corrected chi connectivity index (χ3v) is 3.80. The van der Waals surface area contributed by atoms with Gasteiger partial charge in [0, 0.05) is 11.9 Å². The molecule has 0 aliphatic carbocycles. The number of amides is 1. The molecule has 0 radical (unpaired) electrons. The largest absolute Gasteiger partial charge is 0.495 e. The third-order valence-electron chi connectivity index (χ3n) is 3.29. The number of carbonyl (C=O) groups is 2.